The maximum Gasteiger partial charge on any atom is 0.350 e. The molecule has 1 aromatic heterocycles. The third-order valence-electron chi connectivity index (χ3n) is 5.50. The van der Waals surface area contributed by atoms with Crippen molar-refractivity contribution in [3.63, 3.8) is 0 Å². The molecule has 4 rings (SSSR count). The minimum atomic E-state index is -1.11. The van der Waals surface area contributed by atoms with E-state index in [4.69, 9.17) is 9.47 Å². The first-order valence-corrected chi connectivity index (χ1v) is 12.0. The number of thiazole rings is 1. The summed E-state index contributed by atoms with van der Waals surface area (Å²) in [6.45, 7) is 5.63. The highest BCUT2D eigenvalue weighted by Gasteiger charge is 2.48. The zero-order chi connectivity index (χ0) is 26.0. The Morgan fingerprint density at radius 3 is 2.53 bits per heavy atom. The van der Waals surface area contributed by atoms with Crippen molar-refractivity contribution in [2.75, 3.05) is 18.1 Å². The van der Waals surface area contributed by atoms with E-state index in [0.29, 0.717) is 23.6 Å². The second kappa shape index (κ2) is 10.3. The van der Waals surface area contributed by atoms with Gasteiger partial charge in [0.1, 0.15) is 22.2 Å². The number of aliphatic hydroxyl groups is 1. The van der Waals surface area contributed by atoms with Crippen molar-refractivity contribution in [2.45, 2.75) is 26.8 Å². The lowest BCUT2D eigenvalue weighted by Gasteiger charge is -2.23. The Morgan fingerprint density at radius 2 is 1.86 bits per heavy atom. The minimum Gasteiger partial charge on any atom is -0.507 e. The van der Waals surface area contributed by atoms with Crippen LogP contribution in [0.15, 0.2) is 54.1 Å². The fraction of sp³-hybridized carbons (Fsp3) is 0.231. The molecule has 0 aliphatic carbocycles. The van der Waals surface area contributed by atoms with E-state index in [1.54, 1.807) is 38.1 Å². The van der Waals surface area contributed by atoms with Crippen molar-refractivity contribution in [3.8, 4) is 5.75 Å². The topological polar surface area (TPSA) is 106 Å². The van der Waals surface area contributed by atoms with Gasteiger partial charge in [-0.15, -0.1) is 0 Å². The number of aryl methyl sites for hydroxylation is 1. The molecule has 1 aliphatic heterocycles. The molecule has 10 heteroatoms. The number of hydrogen-bond acceptors (Lipinski definition) is 8. The third-order valence-corrected chi connectivity index (χ3v) is 6.64. The van der Waals surface area contributed by atoms with Gasteiger partial charge in [0, 0.05) is 5.56 Å². The van der Waals surface area contributed by atoms with E-state index >= 15 is 0 Å². The average molecular weight is 511 g/mol. The van der Waals surface area contributed by atoms with E-state index in [0.717, 1.165) is 16.2 Å². The Morgan fingerprint density at radius 1 is 1.14 bits per heavy atom. The number of rotatable bonds is 7. The summed E-state index contributed by atoms with van der Waals surface area (Å²) in [5.41, 5.74) is 0.792. The number of benzene rings is 2. The van der Waals surface area contributed by atoms with E-state index in [2.05, 4.69) is 4.98 Å². The predicted molar refractivity (Wildman–Crippen MR) is 132 cm³/mol. The summed E-state index contributed by atoms with van der Waals surface area (Å²) >= 11 is 0.900. The molecule has 1 unspecified atom stereocenters. The van der Waals surface area contributed by atoms with Gasteiger partial charge in [0.25, 0.3) is 5.78 Å². The van der Waals surface area contributed by atoms with Gasteiger partial charge in [-0.3, -0.25) is 14.5 Å². The van der Waals surface area contributed by atoms with Gasteiger partial charge in [0.15, 0.2) is 5.13 Å². The van der Waals surface area contributed by atoms with Crippen LogP contribution < -0.4 is 9.64 Å². The average Bonchev–Trinajstić information content (AvgIpc) is 3.36. The fourth-order valence-electron chi connectivity index (χ4n) is 3.92. The largest absolute Gasteiger partial charge is 0.507 e. The molecule has 2 heterocycles. The number of ketones is 1. The number of aliphatic hydroxyl groups excluding tert-OH is 1. The Hall–Kier alpha value is -4.05. The van der Waals surface area contributed by atoms with Crippen molar-refractivity contribution in [2.24, 2.45) is 0 Å². The molecule has 186 valence electrons. The number of carbonyl (C=O) groups is 3. The third kappa shape index (κ3) is 4.59. The molecule has 1 saturated heterocycles. The molecule has 3 aromatic rings. The monoisotopic (exact) mass is 510 g/mol. The fourth-order valence-corrected chi connectivity index (χ4v) is 4.90. The van der Waals surface area contributed by atoms with Gasteiger partial charge in [0.2, 0.25) is 0 Å². The number of ether oxygens (including phenoxy) is 2. The molecule has 0 spiro atoms. The van der Waals surface area contributed by atoms with Crippen LogP contribution in [0, 0.1) is 12.7 Å². The Bertz CT molecular complexity index is 1370. The van der Waals surface area contributed by atoms with Gasteiger partial charge in [0.05, 0.1) is 30.5 Å². The number of anilines is 1. The highest BCUT2D eigenvalue weighted by molar-refractivity contribution is 7.17. The smallest absolute Gasteiger partial charge is 0.350 e. The number of hydrogen-bond donors (Lipinski definition) is 1. The molecule has 2 aromatic carbocycles. The van der Waals surface area contributed by atoms with Crippen molar-refractivity contribution in [1.29, 1.82) is 0 Å². The predicted octanol–water partition coefficient (Wildman–Crippen LogP) is 4.79. The van der Waals surface area contributed by atoms with Crippen molar-refractivity contribution >= 4 is 39.9 Å². The van der Waals surface area contributed by atoms with Crippen LogP contribution in [-0.2, 0) is 14.3 Å². The zero-order valence-corrected chi connectivity index (χ0v) is 20.6. The molecule has 1 amide bonds. The Balaban J connectivity index is 1.89. The Kier molecular flexibility index (Phi) is 7.16. The lowest BCUT2D eigenvalue weighted by molar-refractivity contribution is -0.132. The van der Waals surface area contributed by atoms with Gasteiger partial charge in [-0.25, -0.2) is 14.2 Å². The molecule has 0 bridgehead atoms. The van der Waals surface area contributed by atoms with Crippen molar-refractivity contribution in [3.05, 3.63) is 81.6 Å². The summed E-state index contributed by atoms with van der Waals surface area (Å²) in [6.07, 6.45) is 0. The second-order valence-corrected chi connectivity index (χ2v) is 8.79. The van der Waals surface area contributed by atoms with Gasteiger partial charge >= 0.3 is 11.9 Å². The van der Waals surface area contributed by atoms with Crippen molar-refractivity contribution in [1.82, 2.24) is 4.98 Å². The molecule has 36 heavy (non-hydrogen) atoms. The summed E-state index contributed by atoms with van der Waals surface area (Å²) in [5.74, 6) is -2.91. The van der Waals surface area contributed by atoms with Crippen LogP contribution in [-0.4, -0.2) is 41.0 Å². The Labute approximate surface area is 210 Å². The summed E-state index contributed by atoms with van der Waals surface area (Å²) in [6, 6.07) is 10.6. The maximum absolute atomic E-state index is 13.7. The van der Waals surface area contributed by atoms with Gasteiger partial charge in [-0.1, -0.05) is 35.6 Å². The van der Waals surface area contributed by atoms with Crippen LogP contribution in [0.1, 0.15) is 46.4 Å². The first-order chi connectivity index (χ1) is 17.3. The van der Waals surface area contributed by atoms with Crippen LogP contribution in [0.3, 0.4) is 0 Å². The summed E-state index contributed by atoms with van der Waals surface area (Å²) < 4.78 is 24.3. The highest BCUT2D eigenvalue weighted by atomic mass is 32.1. The summed E-state index contributed by atoms with van der Waals surface area (Å²) in [7, 11) is 0. The number of aromatic nitrogens is 1. The van der Waals surface area contributed by atoms with Crippen LogP contribution in [0.4, 0.5) is 9.52 Å². The molecule has 8 nitrogen and oxygen atoms in total. The van der Waals surface area contributed by atoms with E-state index in [-0.39, 0.29) is 27.8 Å². The normalized spacial score (nSPS) is 16.9. The van der Waals surface area contributed by atoms with Crippen molar-refractivity contribution < 1.29 is 33.4 Å². The first kappa shape index (κ1) is 25.1. The molecular weight excluding hydrogens is 487 g/mol. The molecule has 1 atom stereocenters. The molecule has 1 N–H and O–H groups in total. The highest BCUT2D eigenvalue weighted by Crippen LogP contribution is 2.44. The van der Waals surface area contributed by atoms with E-state index < -0.39 is 35.3 Å². The number of nitrogens with zero attached hydrogens (tertiary/aromatic N) is 2. The molecule has 1 fully saturated rings. The number of halogens is 1. The van der Waals surface area contributed by atoms with Crippen LogP contribution >= 0.6 is 11.3 Å². The van der Waals surface area contributed by atoms with Gasteiger partial charge in [-0.05, 0) is 50.6 Å². The lowest BCUT2D eigenvalue weighted by atomic mass is 9.95. The van der Waals surface area contributed by atoms with Gasteiger partial charge in [-0.2, -0.15) is 0 Å². The van der Waals surface area contributed by atoms with Crippen LogP contribution in [0.2, 0.25) is 0 Å². The number of esters is 1. The van der Waals surface area contributed by atoms with E-state index in [1.807, 2.05) is 6.92 Å². The van der Waals surface area contributed by atoms with Crippen LogP contribution in [0.25, 0.3) is 5.76 Å². The summed E-state index contributed by atoms with van der Waals surface area (Å²) in [5, 5.41) is 11.3. The number of amides is 1. The number of carbonyl (C=O) groups excluding carboxylic acids is 3. The van der Waals surface area contributed by atoms with Gasteiger partial charge < -0.3 is 14.6 Å². The lowest BCUT2D eigenvalue weighted by Crippen LogP contribution is -2.29. The van der Waals surface area contributed by atoms with E-state index in [9.17, 15) is 23.9 Å². The molecular formula is C26H23FN2O6S. The quantitative estimate of drug-likeness (QED) is 0.211. The van der Waals surface area contributed by atoms with E-state index in [1.165, 1.54) is 24.3 Å². The zero-order valence-electron chi connectivity index (χ0n) is 19.8. The minimum absolute atomic E-state index is 0.0779. The summed E-state index contributed by atoms with van der Waals surface area (Å²) in [4.78, 5) is 44.5. The second-order valence-electron chi connectivity index (χ2n) is 7.81. The number of Topliss-reactive ketones (excluding diaryl/α,β-unsaturated/α-hetero) is 1. The molecule has 1 aliphatic rings. The molecule has 0 saturated carbocycles. The molecule has 0 radical (unpaired) electrons. The maximum atomic E-state index is 13.7. The standard InChI is InChI=1S/C26H23FN2O6S/c1-4-34-18-8-6-7-16(13-18)21(30)19-20(15-9-11-17(27)12-10-15)29(24(32)22(19)31)26-28-14(3)23(36-26)25(33)35-5-2/h6-13,20,30H,4-5H2,1-3H3/b21-19+. The first-order valence-electron chi connectivity index (χ1n) is 11.2. The van der Waals surface area contributed by atoms with Crippen LogP contribution in [0.5, 0.6) is 5.75 Å². The SMILES string of the molecule is CCOC(=O)c1sc(N2C(=O)C(=O)/C(=C(/O)c3cccc(OCC)c3)C2c2ccc(F)cc2)nc1C.